The van der Waals surface area contributed by atoms with Crippen molar-refractivity contribution in [3.63, 3.8) is 0 Å². The van der Waals surface area contributed by atoms with E-state index in [0.717, 1.165) is 25.3 Å². The van der Waals surface area contributed by atoms with Gasteiger partial charge >= 0.3 is 0 Å². The van der Waals surface area contributed by atoms with Crippen molar-refractivity contribution in [2.24, 2.45) is 0 Å². The molecule has 0 radical (unpaired) electrons. The van der Waals surface area contributed by atoms with Crippen molar-refractivity contribution < 1.29 is 4.74 Å². The van der Waals surface area contributed by atoms with Crippen LogP contribution in [0.15, 0.2) is 30.6 Å². The van der Waals surface area contributed by atoms with Gasteiger partial charge in [0.25, 0.3) is 0 Å². The summed E-state index contributed by atoms with van der Waals surface area (Å²) < 4.78 is 5.74. The number of aromatic nitrogens is 2. The first-order chi connectivity index (χ1) is 12.0. The Balaban J connectivity index is 1.88. The third-order valence-corrected chi connectivity index (χ3v) is 5.43. The zero-order valence-corrected chi connectivity index (χ0v) is 15.4. The summed E-state index contributed by atoms with van der Waals surface area (Å²) in [5, 5.41) is 1.20. The molecule has 0 fully saturated rings. The summed E-state index contributed by atoms with van der Waals surface area (Å²) in [5.41, 5.74) is 8.76. The van der Waals surface area contributed by atoms with Crippen LogP contribution in [0.2, 0.25) is 0 Å². The molecule has 4 rings (SSSR count). The van der Waals surface area contributed by atoms with Crippen LogP contribution in [0.1, 0.15) is 35.2 Å². The largest absolute Gasteiger partial charge is 0.376 e. The number of aryl methyl sites for hydroxylation is 1. The Hall–Kier alpha value is -2.17. The van der Waals surface area contributed by atoms with Crippen LogP contribution in [-0.4, -0.2) is 35.6 Å². The van der Waals surface area contributed by atoms with E-state index >= 15 is 0 Å². The number of benzene rings is 1. The van der Waals surface area contributed by atoms with Gasteiger partial charge in [-0.25, -0.2) is 4.98 Å². The van der Waals surface area contributed by atoms with Gasteiger partial charge in [-0.1, -0.05) is 6.07 Å². The number of nitrogens with one attached hydrogen (secondary N) is 1. The summed E-state index contributed by atoms with van der Waals surface area (Å²) in [4.78, 5) is 10.1. The van der Waals surface area contributed by atoms with Crippen LogP contribution >= 0.6 is 0 Å². The number of hydrogen-bond acceptors (Lipinski definition) is 3. The average Bonchev–Trinajstić information content (AvgIpc) is 3.00. The number of ether oxygens (including phenoxy) is 1. The molecule has 0 spiro atoms. The van der Waals surface area contributed by atoms with Crippen LogP contribution < -0.4 is 0 Å². The second kappa shape index (κ2) is 6.28. The van der Waals surface area contributed by atoms with Crippen LogP contribution in [0.25, 0.3) is 22.2 Å². The molecule has 25 heavy (non-hydrogen) atoms. The summed E-state index contributed by atoms with van der Waals surface area (Å²) in [6.07, 6.45) is 4.98. The van der Waals surface area contributed by atoms with Crippen molar-refractivity contribution in [2.45, 2.75) is 32.9 Å². The standard InChI is InChI=1S/C21H25N3O/c1-13-10-22-21-18(13)9-17(11-23-21)16-7-15-5-6-25-12-20(15)19(8-16)14(2)24(3)4/h7-11,14H,5-6,12H2,1-4H3,(H,22,23)/t14-/m0/s1. The maximum absolute atomic E-state index is 5.74. The smallest absolute Gasteiger partial charge is 0.137 e. The Bertz CT molecular complexity index is 926. The molecule has 0 amide bonds. The van der Waals surface area contributed by atoms with Crippen molar-refractivity contribution in [2.75, 3.05) is 20.7 Å². The molecule has 1 N–H and O–H groups in total. The Morgan fingerprint density at radius 3 is 2.84 bits per heavy atom. The van der Waals surface area contributed by atoms with Crippen molar-refractivity contribution in [3.8, 4) is 11.1 Å². The fraction of sp³-hybridized carbons (Fsp3) is 0.381. The number of hydrogen-bond donors (Lipinski definition) is 1. The van der Waals surface area contributed by atoms with E-state index in [2.05, 4.69) is 61.0 Å². The monoisotopic (exact) mass is 335 g/mol. The highest BCUT2D eigenvalue weighted by Crippen LogP contribution is 2.34. The van der Waals surface area contributed by atoms with Crippen LogP contribution in [0, 0.1) is 6.92 Å². The van der Waals surface area contributed by atoms with E-state index in [-0.39, 0.29) is 0 Å². The fourth-order valence-electron chi connectivity index (χ4n) is 3.62. The number of rotatable bonds is 3. The Labute approximate surface area is 148 Å². The minimum Gasteiger partial charge on any atom is -0.376 e. The maximum atomic E-state index is 5.74. The van der Waals surface area contributed by atoms with Gasteiger partial charge in [-0.3, -0.25) is 0 Å². The molecule has 0 saturated carbocycles. The van der Waals surface area contributed by atoms with Crippen molar-refractivity contribution in [1.82, 2.24) is 14.9 Å². The first kappa shape index (κ1) is 16.3. The molecule has 1 aliphatic heterocycles. The molecule has 130 valence electrons. The van der Waals surface area contributed by atoms with Gasteiger partial charge in [-0.2, -0.15) is 0 Å². The molecule has 3 aromatic rings. The van der Waals surface area contributed by atoms with Crippen molar-refractivity contribution in [1.29, 1.82) is 0 Å². The molecule has 4 nitrogen and oxygen atoms in total. The second-order valence-electron chi connectivity index (χ2n) is 7.24. The predicted octanol–water partition coefficient (Wildman–Crippen LogP) is 4.23. The van der Waals surface area contributed by atoms with E-state index in [1.165, 1.54) is 38.8 Å². The first-order valence-corrected chi connectivity index (χ1v) is 8.88. The molecule has 0 saturated heterocycles. The van der Waals surface area contributed by atoms with Gasteiger partial charge in [0, 0.05) is 29.4 Å². The molecule has 4 heteroatoms. The summed E-state index contributed by atoms with van der Waals surface area (Å²) in [6.45, 7) is 5.90. The quantitative estimate of drug-likeness (QED) is 0.778. The Morgan fingerprint density at radius 1 is 1.20 bits per heavy atom. The number of nitrogens with zero attached hydrogens (tertiary/aromatic N) is 2. The average molecular weight is 335 g/mol. The first-order valence-electron chi connectivity index (χ1n) is 8.88. The molecule has 0 aliphatic carbocycles. The number of aromatic amines is 1. The molecular weight excluding hydrogens is 310 g/mol. The molecule has 1 atom stereocenters. The Kier molecular flexibility index (Phi) is 4.10. The molecule has 1 aliphatic rings. The third kappa shape index (κ3) is 2.86. The van der Waals surface area contributed by atoms with Gasteiger partial charge in [0.15, 0.2) is 0 Å². The zero-order chi connectivity index (χ0) is 17.6. The highest BCUT2D eigenvalue weighted by molar-refractivity contribution is 5.84. The molecule has 2 aromatic heterocycles. The van der Waals surface area contributed by atoms with E-state index in [4.69, 9.17) is 4.74 Å². The molecular formula is C21H25N3O. The Morgan fingerprint density at radius 2 is 2.04 bits per heavy atom. The molecule has 0 bridgehead atoms. The van der Waals surface area contributed by atoms with Crippen LogP contribution in [0.3, 0.4) is 0 Å². The highest BCUT2D eigenvalue weighted by Gasteiger charge is 2.20. The third-order valence-electron chi connectivity index (χ3n) is 5.43. The molecule has 3 heterocycles. The molecule has 1 aromatic carbocycles. The summed E-state index contributed by atoms with van der Waals surface area (Å²) in [6, 6.07) is 7.25. The number of pyridine rings is 1. The lowest BCUT2D eigenvalue weighted by molar-refractivity contribution is 0.109. The van der Waals surface area contributed by atoms with Gasteiger partial charge in [0.1, 0.15) is 5.65 Å². The predicted molar refractivity (Wildman–Crippen MR) is 102 cm³/mol. The minimum absolute atomic E-state index is 0.348. The zero-order valence-electron chi connectivity index (χ0n) is 15.4. The van der Waals surface area contributed by atoms with Crippen molar-refractivity contribution >= 4 is 11.0 Å². The summed E-state index contributed by atoms with van der Waals surface area (Å²) in [5.74, 6) is 0. The van der Waals surface area contributed by atoms with Gasteiger partial charge in [0.05, 0.1) is 13.2 Å². The van der Waals surface area contributed by atoms with Gasteiger partial charge in [-0.05, 0) is 74.3 Å². The van der Waals surface area contributed by atoms with Gasteiger partial charge < -0.3 is 14.6 Å². The second-order valence-corrected chi connectivity index (χ2v) is 7.24. The van der Waals surface area contributed by atoms with Gasteiger partial charge in [0.2, 0.25) is 0 Å². The minimum atomic E-state index is 0.348. The van der Waals surface area contributed by atoms with Crippen molar-refractivity contribution in [3.05, 3.63) is 52.8 Å². The van der Waals surface area contributed by atoms with E-state index in [1.807, 2.05) is 12.4 Å². The summed E-state index contributed by atoms with van der Waals surface area (Å²) in [7, 11) is 4.26. The van der Waals surface area contributed by atoms with E-state index < -0.39 is 0 Å². The van der Waals surface area contributed by atoms with Crippen LogP contribution in [-0.2, 0) is 17.8 Å². The van der Waals surface area contributed by atoms with Gasteiger partial charge in [-0.15, -0.1) is 0 Å². The lowest BCUT2D eigenvalue weighted by Gasteiger charge is -2.28. The maximum Gasteiger partial charge on any atom is 0.137 e. The lowest BCUT2D eigenvalue weighted by atomic mass is 9.89. The number of fused-ring (bicyclic) bond motifs is 2. The number of H-pyrrole nitrogens is 1. The topological polar surface area (TPSA) is 41.2 Å². The summed E-state index contributed by atoms with van der Waals surface area (Å²) >= 11 is 0. The normalized spacial score (nSPS) is 15.6. The van der Waals surface area contributed by atoms with E-state index in [1.54, 1.807) is 0 Å². The fourth-order valence-corrected chi connectivity index (χ4v) is 3.62. The van der Waals surface area contributed by atoms with Crippen LogP contribution in [0.5, 0.6) is 0 Å². The SMILES string of the molecule is Cc1c[nH]c2ncc(-c3cc4c(c([C@H](C)N(C)C)c3)COCC4)cc12. The molecule has 0 unspecified atom stereocenters. The van der Waals surface area contributed by atoms with E-state index in [9.17, 15) is 0 Å². The lowest BCUT2D eigenvalue weighted by Crippen LogP contribution is -2.21. The van der Waals surface area contributed by atoms with Crippen LogP contribution in [0.4, 0.5) is 0 Å². The highest BCUT2D eigenvalue weighted by atomic mass is 16.5. The van der Waals surface area contributed by atoms with E-state index in [0.29, 0.717) is 6.04 Å².